The van der Waals surface area contributed by atoms with Gasteiger partial charge >= 0.3 is 0 Å². The van der Waals surface area contributed by atoms with Crippen molar-refractivity contribution >= 4 is 9.84 Å². The molecule has 0 amide bonds. The minimum Gasteiger partial charge on any atom is -0.375 e. The maximum atomic E-state index is 12.7. The van der Waals surface area contributed by atoms with Gasteiger partial charge in [0.25, 0.3) is 0 Å². The molecule has 2 aliphatic heterocycles. The third-order valence-electron chi connectivity index (χ3n) is 5.49. The summed E-state index contributed by atoms with van der Waals surface area (Å²) in [6, 6.07) is 11.5. The normalized spacial score (nSPS) is 23.8. The van der Waals surface area contributed by atoms with Crippen molar-refractivity contribution in [3.63, 3.8) is 0 Å². The summed E-state index contributed by atoms with van der Waals surface area (Å²) in [5.74, 6) is 0.318. The fraction of sp³-hybridized carbons (Fsp3) is 0.474. The lowest BCUT2D eigenvalue weighted by Gasteiger charge is -2.49. The summed E-state index contributed by atoms with van der Waals surface area (Å²) in [7, 11) is -3.08. The molecule has 2 aromatic rings. The molecule has 4 heterocycles. The lowest BCUT2D eigenvalue weighted by Crippen LogP contribution is -2.67. The van der Waals surface area contributed by atoms with Crippen molar-refractivity contribution in [1.82, 2.24) is 14.9 Å². The monoisotopic (exact) mass is 373 g/mol. The predicted octanol–water partition coefficient (Wildman–Crippen LogP) is 1.68. The van der Waals surface area contributed by atoms with E-state index in [0.29, 0.717) is 39.3 Å². The topological polar surface area (TPSA) is 72.4 Å². The van der Waals surface area contributed by atoms with Crippen LogP contribution in [-0.2, 0) is 27.7 Å². The van der Waals surface area contributed by atoms with Crippen molar-refractivity contribution in [2.24, 2.45) is 5.92 Å². The van der Waals surface area contributed by atoms with E-state index in [1.807, 2.05) is 36.4 Å². The molecule has 6 nitrogen and oxygen atoms in total. The Hall–Kier alpha value is -1.83. The second kappa shape index (κ2) is 7.06. The third kappa shape index (κ3) is 3.26. The number of aromatic nitrogens is 2. The number of hydrogen-bond donors (Lipinski definition) is 0. The van der Waals surface area contributed by atoms with Crippen molar-refractivity contribution in [3.05, 3.63) is 60.2 Å². The smallest absolute Gasteiger partial charge is 0.158 e. The molecule has 26 heavy (non-hydrogen) atoms. The van der Waals surface area contributed by atoms with Crippen molar-refractivity contribution in [2.75, 3.05) is 25.4 Å². The third-order valence-corrected chi connectivity index (χ3v) is 8.09. The number of rotatable bonds is 6. The summed E-state index contributed by atoms with van der Waals surface area (Å²) in [6.07, 6.45) is 4.19. The summed E-state index contributed by atoms with van der Waals surface area (Å²) in [5.41, 5.74) is 1.84. The summed E-state index contributed by atoms with van der Waals surface area (Å²) < 4.78 is 30.6. The highest BCUT2D eigenvalue weighted by Gasteiger charge is 2.61. The van der Waals surface area contributed by atoms with Crippen molar-refractivity contribution in [1.29, 1.82) is 0 Å². The first-order chi connectivity index (χ1) is 12.6. The second-order valence-corrected chi connectivity index (χ2v) is 9.62. The lowest BCUT2D eigenvalue weighted by molar-refractivity contribution is 0.0188. The van der Waals surface area contributed by atoms with Crippen molar-refractivity contribution in [2.45, 2.75) is 24.3 Å². The summed E-state index contributed by atoms with van der Waals surface area (Å²) in [5, 5.41) is 0. The van der Waals surface area contributed by atoms with Gasteiger partial charge in [0.1, 0.15) is 4.75 Å². The maximum Gasteiger partial charge on any atom is 0.158 e. The average Bonchev–Trinajstić information content (AvgIpc) is 2.88. The van der Waals surface area contributed by atoms with Gasteiger partial charge in [-0.2, -0.15) is 0 Å². The van der Waals surface area contributed by atoms with Gasteiger partial charge in [0.15, 0.2) is 9.84 Å². The lowest BCUT2D eigenvalue weighted by atomic mass is 9.83. The van der Waals surface area contributed by atoms with E-state index in [2.05, 4.69) is 14.9 Å². The molecule has 1 atom stereocenters. The predicted molar refractivity (Wildman–Crippen MR) is 98.0 cm³/mol. The van der Waals surface area contributed by atoms with Gasteiger partial charge < -0.3 is 4.74 Å². The average molecular weight is 373 g/mol. The van der Waals surface area contributed by atoms with Crippen LogP contribution in [0.4, 0.5) is 0 Å². The molecule has 4 rings (SSSR count). The standard InChI is InChI=1S/C19H23N3O3S/c23-26(24)10-7-16(12-25-13-18-6-2-4-9-21-18)19(26)14-22(15-19)11-17-5-1-3-8-20-17/h1-6,8-9,16H,7,10-15H2/t16-/m0/s1. The number of nitrogens with zero attached hydrogens (tertiary/aromatic N) is 3. The van der Waals surface area contributed by atoms with Gasteiger partial charge in [0, 0.05) is 37.9 Å². The maximum absolute atomic E-state index is 12.7. The number of likely N-dealkylation sites (tertiary alicyclic amines) is 1. The van der Waals surface area contributed by atoms with Crippen LogP contribution in [0, 0.1) is 5.92 Å². The van der Waals surface area contributed by atoms with Crippen LogP contribution < -0.4 is 0 Å². The highest BCUT2D eigenvalue weighted by molar-refractivity contribution is 7.93. The first kappa shape index (κ1) is 17.6. The van der Waals surface area contributed by atoms with E-state index >= 15 is 0 Å². The van der Waals surface area contributed by atoms with Gasteiger partial charge in [-0.15, -0.1) is 0 Å². The number of ether oxygens (including phenoxy) is 1. The molecule has 0 radical (unpaired) electrons. The Balaban J connectivity index is 1.37. The Morgan fingerprint density at radius 2 is 1.77 bits per heavy atom. The molecule has 0 N–H and O–H groups in total. The van der Waals surface area contributed by atoms with Gasteiger partial charge in [0.2, 0.25) is 0 Å². The molecule has 2 aliphatic rings. The Bertz CT molecular complexity index is 837. The fourth-order valence-corrected chi connectivity index (χ4v) is 6.49. The number of hydrogen-bond acceptors (Lipinski definition) is 6. The van der Waals surface area contributed by atoms with E-state index < -0.39 is 14.6 Å². The zero-order valence-electron chi connectivity index (χ0n) is 14.6. The molecular weight excluding hydrogens is 350 g/mol. The van der Waals surface area contributed by atoms with E-state index in [1.54, 1.807) is 12.4 Å². The van der Waals surface area contributed by atoms with Crippen LogP contribution in [0.5, 0.6) is 0 Å². The van der Waals surface area contributed by atoms with E-state index in [9.17, 15) is 8.42 Å². The van der Waals surface area contributed by atoms with Gasteiger partial charge in [-0.1, -0.05) is 12.1 Å². The highest BCUT2D eigenvalue weighted by atomic mass is 32.2. The molecule has 7 heteroatoms. The SMILES string of the molecule is O=S1(=O)CC[C@@H](COCc2ccccn2)C12CN(Cc1ccccn1)C2. The van der Waals surface area contributed by atoms with Crippen molar-refractivity contribution < 1.29 is 13.2 Å². The van der Waals surface area contributed by atoms with Crippen LogP contribution in [0.25, 0.3) is 0 Å². The zero-order chi connectivity index (χ0) is 18.0. The van der Waals surface area contributed by atoms with E-state index in [4.69, 9.17) is 4.74 Å². The van der Waals surface area contributed by atoms with Crippen LogP contribution >= 0.6 is 0 Å². The molecule has 0 unspecified atom stereocenters. The number of sulfone groups is 1. The van der Waals surface area contributed by atoms with E-state index in [-0.39, 0.29) is 11.7 Å². The molecule has 2 saturated heterocycles. The Morgan fingerprint density at radius 3 is 2.42 bits per heavy atom. The highest BCUT2D eigenvalue weighted by Crippen LogP contribution is 2.45. The Kier molecular flexibility index (Phi) is 4.77. The second-order valence-electron chi connectivity index (χ2n) is 7.17. The molecule has 0 bridgehead atoms. The van der Waals surface area contributed by atoms with E-state index in [1.165, 1.54) is 0 Å². The molecule has 1 spiro atoms. The quantitative estimate of drug-likeness (QED) is 0.767. The van der Waals surface area contributed by atoms with Crippen LogP contribution in [0.2, 0.25) is 0 Å². The summed E-state index contributed by atoms with van der Waals surface area (Å²) >= 11 is 0. The Labute approximate surface area is 154 Å². The minimum absolute atomic E-state index is 0.0520. The molecule has 2 fully saturated rings. The molecule has 2 aromatic heterocycles. The molecule has 0 aliphatic carbocycles. The summed E-state index contributed by atoms with van der Waals surface area (Å²) in [6.45, 7) is 2.73. The van der Waals surface area contributed by atoms with Gasteiger partial charge in [-0.25, -0.2) is 8.42 Å². The van der Waals surface area contributed by atoms with Crippen LogP contribution in [0.15, 0.2) is 48.8 Å². The largest absolute Gasteiger partial charge is 0.375 e. The molecule has 0 saturated carbocycles. The van der Waals surface area contributed by atoms with Gasteiger partial charge in [-0.05, 0) is 30.7 Å². The molecule has 138 valence electrons. The van der Waals surface area contributed by atoms with E-state index in [0.717, 1.165) is 11.4 Å². The van der Waals surface area contributed by atoms with Gasteiger partial charge in [-0.3, -0.25) is 14.9 Å². The first-order valence-corrected chi connectivity index (χ1v) is 10.6. The van der Waals surface area contributed by atoms with Gasteiger partial charge in [0.05, 0.1) is 30.4 Å². The zero-order valence-corrected chi connectivity index (χ0v) is 15.4. The Morgan fingerprint density at radius 1 is 1.08 bits per heavy atom. The minimum atomic E-state index is -3.08. The van der Waals surface area contributed by atoms with Crippen LogP contribution in [0.1, 0.15) is 17.8 Å². The summed E-state index contributed by atoms with van der Waals surface area (Å²) in [4.78, 5) is 10.7. The molecular formula is C19H23N3O3S. The van der Waals surface area contributed by atoms with Crippen molar-refractivity contribution in [3.8, 4) is 0 Å². The molecule has 0 aromatic carbocycles. The van der Waals surface area contributed by atoms with Crippen LogP contribution in [0.3, 0.4) is 0 Å². The fourth-order valence-electron chi connectivity index (χ4n) is 4.04. The first-order valence-electron chi connectivity index (χ1n) is 8.91. The van der Waals surface area contributed by atoms with Crippen LogP contribution in [-0.4, -0.2) is 53.5 Å². The number of pyridine rings is 2.